The smallest absolute Gasteiger partial charge is 0.302 e. The third-order valence-electron chi connectivity index (χ3n) is 10.5. The number of carbonyl (C=O) groups is 2. The van der Waals surface area contributed by atoms with Crippen LogP contribution in [0.3, 0.4) is 0 Å². The monoisotopic (exact) mass is 535 g/mol. The number of nitrogens with one attached hydrogen (secondary N) is 2. The summed E-state index contributed by atoms with van der Waals surface area (Å²) in [6.45, 7) is 10.1. The number of para-hydroxylation sites is 1. The Morgan fingerprint density at radius 3 is 2.63 bits per heavy atom. The molecule has 0 heterocycles. The zero-order chi connectivity index (χ0) is 27.2. The van der Waals surface area contributed by atoms with Gasteiger partial charge in [0.1, 0.15) is 11.9 Å². The Balaban J connectivity index is 1.29. The van der Waals surface area contributed by atoms with Gasteiger partial charge < -0.3 is 10.1 Å². The van der Waals surface area contributed by atoms with Gasteiger partial charge in [-0.1, -0.05) is 31.2 Å². The molecule has 4 aliphatic carbocycles. The summed E-state index contributed by atoms with van der Waals surface area (Å²) in [6, 6.07) is 7.99. The van der Waals surface area contributed by atoms with Gasteiger partial charge in [-0.25, -0.2) is 0 Å². The Kier molecular flexibility index (Phi) is 7.27. The zero-order valence-corrected chi connectivity index (χ0v) is 24.1. The number of ketones is 1. The van der Waals surface area contributed by atoms with E-state index in [1.165, 1.54) is 6.92 Å². The zero-order valence-electron chi connectivity index (χ0n) is 23.3. The molecule has 7 heteroatoms. The Bertz CT molecular complexity index is 1210. The summed E-state index contributed by atoms with van der Waals surface area (Å²) in [5, 5.41) is 8.26. The molecule has 0 unspecified atom stereocenters. The van der Waals surface area contributed by atoms with E-state index in [0.29, 0.717) is 41.0 Å². The number of ether oxygens (including phenoxy) is 1. The van der Waals surface area contributed by atoms with Crippen molar-refractivity contribution >= 4 is 40.5 Å². The van der Waals surface area contributed by atoms with Crippen LogP contribution in [0, 0.1) is 41.4 Å². The average molecular weight is 536 g/mol. The minimum absolute atomic E-state index is 0.0316. The number of esters is 1. The van der Waals surface area contributed by atoms with Gasteiger partial charge in [-0.2, -0.15) is 5.10 Å². The fourth-order valence-electron chi connectivity index (χ4n) is 8.45. The minimum Gasteiger partial charge on any atom is -0.463 e. The average Bonchev–Trinajstić information content (AvgIpc) is 3.23. The number of aryl methyl sites for hydroxylation is 1. The summed E-state index contributed by atoms with van der Waals surface area (Å²) < 4.78 is 5.60. The molecule has 2 N–H and O–H groups in total. The normalized spacial score (nSPS) is 36.3. The van der Waals surface area contributed by atoms with E-state index in [0.717, 1.165) is 61.1 Å². The number of hydrazone groups is 1. The van der Waals surface area contributed by atoms with Crippen LogP contribution in [-0.4, -0.2) is 28.7 Å². The van der Waals surface area contributed by atoms with Crippen molar-refractivity contribution in [1.82, 2.24) is 5.43 Å². The second kappa shape index (κ2) is 10.2. The lowest BCUT2D eigenvalue weighted by molar-refractivity contribution is -0.162. The van der Waals surface area contributed by atoms with E-state index in [1.807, 2.05) is 38.1 Å². The van der Waals surface area contributed by atoms with E-state index >= 15 is 0 Å². The van der Waals surface area contributed by atoms with Crippen LogP contribution < -0.4 is 10.7 Å². The van der Waals surface area contributed by atoms with E-state index in [-0.39, 0.29) is 17.5 Å². The summed E-state index contributed by atoms with van der Waals surface area (Å²) in [4.78, 5) is 25.5. The number of allylic oxidation sites excluding steroid dienone is 2. The van der Waals surface area contributed by atoms with Gasteiger partial charge in [0.05, 0.1) is 11.1 Å². The summed E-state index contributed by atoms with van der Waals surface area (Å²) in [6.07, 6.45) is 9.02. The van der Waals surface area contributed by atoms with E-state index in [9.17, 15) is 9.59 Å². The molecule has 4 aliphatic rings. The van der Waals surface area contributed by atoms with Crippen LogP contribution in [0.2, 0.25) is 0 Å². The summed E-state index contributed by atoms with van der Waals surface area (Å²) >= 11 is 5.49. The van der Waals surface area contributed by atoms with Gasteiger partial charge in [0.15, 0.2) is 5.11 Å². The molecule has 1 aromatic carbocycles. The summed E-state index contributed by atoms with van der Waals surface area (Å²) in [5.74, 6) is 1.93. The third kappa shape index (κ3) is 4.61. The number of Topliss-reactive ketones (excluding diaryl/α,β-unsaturated/α-hetero) is 1. The lowest BCUT2D eigenvalue weighted by atomic mass is 9.44. The van der Waals surface area contributed by atoms with Crippen molar-refractivity contribution in [3.63, 3.8) is 0 Å². The molecule has 0 saturated heterocycles. The predicted octanol–water partition coefficient (Wildman–Crippen LogP) is 6.35. The first-order chi connectivity index (χ1) is 18.0. The number of carbonyl (C=O) groups excluding carboxylic acids is 2. The molecule has 38 heavy (non-hydrogen) atoms. The molecule has 7 atom stereocenters. The number of fused-ring (bicyclic) bond motifs is 5. The van der Waals surface area contributed by atoms with Crippen molar-refractivity contribution in [2.75, 3.05) is 5.32 Å². The molecule has 0 amide bonds. The van der Waals surface area contributed by atoms with Crippen molar-refractivity contribution in [2.45, 2.75) is 85.7 Å². The molecule has 0 aliphatic heterocycles. The fourth-order valence-corrected chi connectivity index (χ4v) is 8.61. The molecule has 3 saturated carbocycles. The van der Waals surface area contributed by atoms with Crippen LogP contribution in [0.1, 0.15) is 78.2 Å². The number of hydrogen-bond acceptors (Lipinski definition) is 5. The van der Waals surface area contributed by atoms with Gasteiger partial charge in [0.2, 0.25) is 0 Å². The lowest BCUT2D eigenvalue weighted by Gasteiger charge is -2.60. The van der Waals surface area contributed by atoms with Gasteiger partial charge >= 0.3 is 5.97 Å². The van der Waals surface area contributed by atoms with Gasteiger partial charge in [-0.3, -0.25) is 15.0 Å². The topological polar surface area (TPSA) is 79.8 Å². The summed E-state index contributed by atoms with van der Waals surface area (Å²) in [5.41, 5.74) is 6.58. The number of benzene rings is 1. The first-order valence-corrected chi connectivity index (χ1v) is 14.5. The molecule has 0 bridgehead atoms. The first kappa shape index (κ1) is 27.0. The highest BCUT2D eigenvalue weighted by Crippen LogP contribution is 2.65. The minimum atomic E-state index is -0.500. The largest absolute Gasteiger partial charge is 0.463 e. The Labute approximate surface area is 232 Å². The molecular weight excluding hydrogens is 494 g/mol. The third-order valence-corrected chi connectivity index (χ3v) is 10.7. The van der Waals surface area contributed by atoms with Gasteiger partial charge in [-0.05, 0) is 118 Å². The van der Waals surface area contributed by atoms with Crippen molar-refractivity contribution in [3.05, 3.63) is 41.5 Å². The van der Waals surface area contributed by atoms with Crippen molar-refractivity contribution in [1.29, 1.82) is 0 Å². The molecule has 5 rings (SSSR count). The van der Waals surface area contributed by atoms with Crippen LogP contribution in [0.15, 0.2) is 41.0 Å². The van der Waals surface area contributed by atoms with Crippen LogP contribution in [0.4, 0.5) is 5.69 Å². The van der Waals surface area contributed by atoms with Crippen LogP contribution in [0.25, 0.3) is 0 Å². The number of rotatable bonds is 4. The highest BCUT2D eigenvalue weighted by atomic mass is 32.1. The number of anilines is 1. The second-order valence-corrected chi connectivity index (χ2v) is 12.8. The van der Waals surface area contributed by atoms with Crippen LogP contribution >= 0.6 is 12.2 Å². The maximum atomic E-state index is 14.0. The van der Waals surface area contributed by atoms with Gasteiger partial charge in [-0.15, -0.1) is 0 Å². The molecule has 0 spiro atoms. The number of nitrogens with zero attached hydrogens (tertiary/aromatic N) is 1. The van der Waals surface area contributed by atoms with Crippen molar-refractivity contribution in [3.8, 4) is 0 Å². The van der Waals surface area contributed by atoms with E-state index in [2.05, 4.69) is 35.8 Å². The molecule has 3 fully saturated rings. The Morgan fingerprint density at radius 1 is 1.13 bits per heavy atom. The molecule has 1 aromatic rings. The van der Waals surface area contributed by atoms with Crippen molar-refractivity contribution in [2.24, 2.45) is 39.6 Å². The Morgan fingerprint density at radius 2 is 1.89 bits per heavy atom. The predicted molar refractivity (Wildman–Crippen MR) is 155 cm³/mol. The molecule has 0 radical (unpaired) electrons. The van der Waals surface area contributed by atoms with Crippen molar-refractivity contribution < 1.29 is 14.3 Å². The molecule has 6 nitrogen and oxygen atoms in total. The van der Waals surface area contributed by atoms with Gasteiger partial charge in [0, 0.05) is 19.0 Å². The first-order valence-electron chi connectivity index (χ1n) is 14.1. The molecule has 204 valence electrons. The van der Waals surface area contributed by atoms with Crippen LogP contribution in [-0.2, 0) is 14.3 Å². The fraction of sp³-hybridized carbons (Fsp3) is 0.613. The van der Waals surface area contributed by atoms with Crippen LogP contribution in [0.5, 0.6) is 0 Å². The number of thiocarbonyl (C=S) groups is 1. The van der Waals surface area contributed by atoms with E-state index in [1.54, 1.807) is 0 Å². The molecular formula is C31H41N3O3S. The SMILES string of the molecule is CC(=O)O[C@H]1CC[C@@]2(C)[C@@H](CC[C@H]3[C@@H]4CC=C(/C(C)=N/NC(=S)Nc5ccccc5C)[C@@]4(C)C(=O)C[C@@H]32)C1. The summed E-state index contributed by atoms with van der Waals surface area (Å²) in [7, 11) is 0. The van der Waals surface area contributed by atoms with E-state index < -0.39 is 5.41 Å². The Hall–Kier alpha value is -2.54. The maximum Gasteiger partial charge on any atom is 0.302 e. The second-order valence-electron chi connectivity index (χ2n) is 12.4. The maximum absolute atomic E-state index is 14.0. The van der Waals surface area contributed by atoms with Gasteiger partial charge in [0.25, 0.3) is 0 Å². The highest BCUT2D eigenvalue weighted by Gasteiger charge is 2.62. The van der Waals surface area contributed by atoms with E-state index in [4.69, 9.17) is 17.0 Å². The quantitative estimate of drug-likeness (QED) is 0.203. The lowest BCUT2D eigenvalue weighted by Crippen LogP contribution is -2.57. The molecule has 0 aromatic heterocycles. The standard InChI is InChI=1S/C31H41N3O3S/c1-18-8-6-7-9-27(18)32-29(38)34-33-19(2)24-12-13-25-23-11-10-21-16-22(37-20(3)35)14-15-30(21,4)26(23)17-28(36)31(24,25)5/h6-9,12,21-23,25-26H,10-11,13-17H2,1-5H3,(H2,32,34,38)/b33-19+/t21-,22-,23-,25-,26-,30-,31+/m0/s1. The highest BCUT2D eigenvalue weighted by molar-refractivity contribution is 7.80. The number of hydrogen-bond donors (Lipinski definition) is 2.